The Morgan fingerprint density at radius 3 is 3.06 bits per heavy atom. The van der Waals surface area contributed by atoms with Gasteiger partial charge < -0.3 is 15.4 Å². The zero-order valence-corrected chi connectivity index (χ0v) is 10.7. The van der Waals surface area contributed by atoms with E-state index in [4.69, 9.17) is 11.2 Å². The van der Waals surface area contributed by atoms with Crippen molar-refractivity contribution in [1.29, 1.82) is 0 Å². The predicted octanol–water partition coefficient (Wildman–Crippen LogP) is 0.529. The number of nitrogens with one attached hydrogen (secondary N) is 2. The van der Waals surface area contributed by atoms with Gasteiger partial charge in [-0.25, -0.2) is 0 Å². The molecule has 1 rings (SSSR count). The van der Waals surface area contributed by atoms with E-state index in [1.165, 1.54) is 0 Å². The number of ether oxygens (including phenoxy) is 1. The number of amides is 1. The molecule has 0 saturated carbocycles. The van der Waals surface area contributed by atoms with Gasteiger partial charge >= 0.3 is 0 Å². The van der Waals surface area contributed by atoms with Gasteiger partial charge in [0.2, 0.25) is 5.91 Å². The van der Waals surface area contributed by atoms with Crippen molar-refractivity contribution in [3.63, 3.8) is 0 Å². The van der Waals surface area contributed by atoms with Crippen LogP contribution in [0.25, 0.3) is 0 Å². The molecule has 1 amide bonds. The molecule has 1 aliphatic heterocycles. The summed E-state index contributed by atoms with van der Waals surface area (Å²) in [5.74, 6) is 2.86. The second kappa shape index (κ2) is 7.31. The van der Waals surface area contributed by atoms with Crippen LogP contribution in [-0.4, -0.2) is 37.7 Å². The van der Waals surface area contributed by atoms with Gasteiger partial charge in [-0.2, -0.15) is 0 Å². The van der Waals surface area contributed by atoms with Gasteiger partial charge in [0.15, 0.2) is 0 Å². The van der Waals surface area contributed by atoms with Crippen molar-refractivity contribution in [3.05, 3.63) is 0 Å². The fourth-order valence-electron chi connectivity index (χ4n) is 2.09. The number of rotatable bonds is 6. The maximum absolute atomic E-state index is 11.6. The first-order chi connectivity index (χ1) is 8.19. The summed E-state index contributed by atoms with van der Waals surface area (Å²) in [5, 5.41) is 5.90. The molecule has 1 saturated heterocycles. The number of terminal acetylenes is 1. The first-order valence-corrected chi connectivity index (χ1v) is 6.25. The molecule has 4 nitrogen and oxygen atoms in total. The Bertz CT molecular complexity index is 286. The second-order valence-corrected chi connectivity index (χ2v) is 4.42. The van der Waals surface area contributed by atoms with E-state index in [0.717, 1.165) is 26.0 Å². The van der Waals surface area contributed by atoms with Gasteiger partial charge in [0.05, 0.1) is 18.7 Å². The first-order valence-electron chi connectivity index (χ1n) is 6.25. The highest BCUT2D eigenvalue weighted by Gasteiger charge is 2.27. The van der Waals surface area contributed by atoms with Crippen LogP contribution in [0.4, 0.5) is 0 Å². The lowest BCUT2D eigenvalue weighted by molar-refractivity contribution is -0.122. The highest BCUT2D eigenvalue weighted by molar-refractivity contribution is 5.81. The SMILES string of the molecule is C#CCNC(=O)C(C)NCC1CCOC1CC. The normalized spacial score (nSPS) is 25.2. The number of hydrogen-bond donors (Lipinski definition) is 2. The molecule has 2 N–H and O–H groups in total. The lowest BCUT2D eigenvalue weighted by Crippen LogP contribution is -2.44. The van der Waals surface area contributed by atoms with Gasteiger partial charge in [-0.1, -0.05) is 12.8 Å². The highest BCUT2D eigenvalue weighted by atomic mass is 16.5. The van der Waals surface area contributed by atoms with Gasteiger partial charge in [-0.15, -0.1) is 6.42 Å². The van der Waals surface area contributed by atoms with E-state index < -0.39 is 0 Å². The summed E-state index contributed by atoms with van der Waals surface area (Å²) in [5.41, 5.74) is 0. The van der Waals surface area contributed by atoms with Gasteiger partial charge in [0, 0.05) is 13.2 Å². The van der Waals surface area contributed by atoms with Gasteiger partial charge in [0.1, 0.15) is 0 Å². The number of carbonyl (C=O) groups is 1. The highest BCUT2D eigenvalue weighted by Crippen LogP contribution is 2.22. The van der Waals surface area contributed by atoms with E-state index >= 15 is 0 Å². The van der Waals surface area contributed by atoms with Crippen molar-refractivity contribution in [1.82, 2.24) is 10.6 Å². The quantitative estimate of drug-likeness (QED) is 0.664. The molecule has 0 aromatic rings. The van der Waals surface area contributed by atoms with Gasteiger partial charge in [0.25, 0.3) is 0 Å². The Hall–Kier alpha value is -1.05. The Morgan fingerprint density at radius 1 is 1.65 bits per heavy atom. The summed E-state index contributed by atoms with van der Waals surface area (Å²) in [4.78, 5) is 11.6. The molecule has 0 aromatic carbocycles. The smallest absolute Gasteiger partial charge is 0.237 e. The second-order valence-electron chi connectivity index (χ2n) is 4.42. The molecule has 0 spiro atoms. The monoisotopic (exact) mass is 238 g/mol. The molecule has 17 heavy (non-hydrogen) atoms. The van der Waals surface area contributed by atoms with Crippen molar-refractivity contribution in [2.45, 2.75) is 38.8 Å². The third kappa shape index (κ3) is 4.37. The van der Waals surface area contributed by atoms with Crippen LogP contribution in [0.15, 0.2) is 0 Å². The molecule has 3 atom stereocenters. The summed E-state index contributed by atoms with van der Waals surface area (Å²) in [6, 6.07) is -0.207. The van der Waals surface area contributed by atoms with Crippen LogP contribution in [0.1, 0.15) is 26.7 Å². The van der Waals surface area contributed by atoms with Crippen LogP contribution >= 0.6 is 0 Å². The molecule has 0 aromatic heterocycles. The first kappa shape index (κ1) is 14.0. The van der Waals surface area contributed by atoms with Gasteiger partial charge in [-0.3, -0.25) is 4.79 Å². The van der Waals surface area contributed by atoms with Crippen LogP contribution in [0, 0.1) is 18.3 Å². The van der Waals surface area contributed by atoms with E-state index in [0.29, 0.717) is 12.0 Å². The predicted molar refractivity (Wildman–Crippen MR) is 67.4 cm³/mol. The minimum absolute atomic E-state index is 0.0464. The number of hydrogen-bond acceptors (Lipinski definition) is 3. The summed E-state index contributed by atoms with van der Waals surface area (Å²) in [6.45, 7) is 5.93. The van der Waals surface area contributed by atoms with Crippen molar-refractivity contribution in [2.24, 2.45) is 5.92 Å². The fourth-order valence-corrected chi connectivity index (χ4v) is 2.09. The van der Waals surface area contributed by atoms with E-state index in [2.05, 4.69) is 23.5 Å². The third-order valence-corrected chi connectivity index (χ3v) is 3.19. The van der Waals surface area contributed by atoms with E-state index in [1.54, 1.807) is 0 Å². The standard InChI is InChI=1S/C13H22N2O2/c1-4-7-14-13(16)10(3)15-9-11-6-8-17-12(11)5-2/h1,10-12,15H,5-9H2,2-3H3,(H,14,16). The molecule has 1 aliphatic rings. The van der Waals surface area contributed by atoms with Gasteiger partial charge in [-0.05, 0) is 25.7 Å². The zero-order chi connectivity index (χ0) is 12.7. The lowest BCUT2D eigenvalue weighted by Gasteiger charge is -2.20. The van der Waals surface area contributed by atoms with E-state index in [1.807, 2.05) is 6.92 Å². The molecule has 1 fully saturated rings. The van der Waals surface area contributed by atoms with Crippen molar-refractivity contribution in [2.75, 3.05) is 19.7 Å². The largest absolute Gasteiger partial charge is 0.378 e. The Labute approximate surface area is 103 Å². The minimum atomic E-state index is -0.207. The van der Waals surface area contributed by atoms with E-state index in [9.17, 15) is 4.79 Å². The molecule has 1 heterocycles. The zero-order valence-electron chi connectivity index (χ0n) is 10.7. The minimum Gasteiger partial charge on any atom is -0.378 e. The summed E-state index contributed by atoms with van der Waals surface area (Å²) in [6.07, 6.45) is 7.53. The Morgan fingerprint density at radius 2 is 2.41 bits per heavy atom. The number of carbonyl (C=O) groups excluding carboxylic acids is 1. The summed E-state index contributed by atoms with van der Waals surface area (Å²) in [7, 11) is 0. The average molecular weight is 238 g/mol. The van der Waals surface area contributed by atoms with Crippen molar-refractivity contribution in [3.8, 4) is 12.3 Å². The summed E-state index contributed by atoms with van der Waals surface area (Å²) < 4.78 is 5.61. The molecule has 4 heteroatoms. The van der Waals surface area contributed by atoms with Crippen LogP contribution in [0.5, 0.6) is 0 Å². The third-order valence-electron chi connectivity index (χ3n) is 3.19. The summed E-state index contributed by atoms with van der Waals surface area (Å²) >= 11 is 0. The maximum atomic E-state index is 11.6. The fraction of sp³-hybridized carbons (Fsp3) is 0.769. The lowest BCUT2D eigenvalue weighted by atomic mass is 9.99. The van der Waals surface area contributed by atoms with E-state index in [-0.39, 0.29) is 18.5 Å². The van der Waals surface area contributed by atoms with Crippen molar-refractivity contribution >= 4 is 5.91 Å². The maximum Gasteiger partial charge on any atom is 0.237 e. The van der Waals surface area contributed by atoms with Crippen LogP contribution in [-0.2, 0) is 9.53 Å². The molecule has 0 aliphatic carbocycles. The van der Waals surface area contributed by atoms with Crippen molar-refractivity contribution < 1.29 is 9.53 Å². The molecule has 0 bridgehead atoms. The molecule has 96 valence electrons. The Kier molecular flexibility index (Phi) is 6.03. The van der Waals surface area contributed by atoms with Crippen LogP contribution in [0.3, 0.4) is 0 Å². The molecule has 0 radical (unpaired) electrons. The van der Waals surface area contributed by atoms with Crippen LogP contribution < -0.4 is 10.6 Å². The van der Waals surface area contributed by atoms with Crippen LogP contribution in [0.2, 0.25) is 0 Å². The Balaban J connectivity index is 2.25. The molecular formula is C13H22N2O2. The topological polar surface area (TPSA) is 50.4 Å². The molecule has 3 unspecified atom stereocenters. The molecular weight excluding hydrogens is 216 g/mol. The average Bonchev–Trinajstić information content (AvgIpc) is 2.80.